The molecule has 6 atom stereocenters. The Morgan fingerprint density at radius 3 is 2.58 bits per heavy atom. The minimum atomic E-state index is -1.46. The Balaban J connectivity index is 1.83. The summed E-state index contributed by atoms with van der Waals surface area (Å²) in [6.07, 6.45) is -2.36. The van der Waals surface area contributed by atoms with Gasteiger partial charge >= 0.3 is 0 Å². The third kappa shape index (κ3) is 3.46. The van der Waals surface area contributed by atoms with Gasteiger partial charge in [0.15, 0.2) is 0 Å². The van der Waals surface area contributed by atoms with E-state index in [-0.39, 0.29) is 5.75 Å². The van der Waals surface area contributed by atoms with E-state index in [9.17, 15) is 25.5 Å². The summed E-state index contributed by atoms with van der Waals surface area (Å²) in [6, 6.07) is 5.11. The van der Waals surface area contributed by atoms with Crippen molar-refractivity contribution in [3.8, 4) is 5.75 Å². The number of hydrogen-bond acceptors (Lipinski definition) is 7. The van der Waals surface area contributed by atoms with Crippen LogP contribution in [-0.4, -0.2) is 61.8 Å². The maximum Gasteiger partial charge on any atom is 0.121 e. The normalized spacial score (nSPS) is 36.2. The fourth-order valence-corrected chi connectivity index (χ4v) is 4.10. The van der Waals surface area contributed by atoms with Crippen LogP contribution in [0.5, 0.6) is 5.75 Å². The van der Waals surface area contributed by atoms with Crippen LogP contribution in [0.3, 0.4) is 0 Å². The molecule has 0 radical (unpaired) electrons. The van der Waals surface area contributed by atoms with Gasteiger partial charge in [-0.3, -0.25) is 0 Å². The highest BCUT2D eigenvalue weighted by Crippen LogP contribution is 2.37. The molecule has 0 saturated carbocycles. The van der Waals surface area contributed by atoms with E-state index in [1.54, 1.807) is 23.9 Å². The van der Waals surface area contributed by atoms with Crippen LogP contribution in [0.2, 0.25) is 0 Å². The molecule has 1 aromatic rings. The van der Waals surface area contributed by atoms with Gasteiger partial charge in [0, 0.05) is 10.8 Å². The third-order valence-electron chi connectivity index (χ3n) is 4.52. The molecule has 132 valence electrons. The van der Waals surface area contributed by atoms with Crippen molar-refractivity contribution in [2.45, 2.75) is 48.6 Å². The molecule has 2 aliphatic heterocycles. The van der Waals surface area contributed by atoms with Crippen LogP contribution in [0.15, 0.2) is 29.7 Å². The lowest BCUT2D eigenvalue weighted by molar-refractivity contribution is -0.232. The lowest BCUT2D eigenvalue weighted by Crippen LogP contribution is -2.55. The number of benzene rings is 1. The molecule has 0 spiro atoms. The number of ether oxygens (including phenoxy) is 1. The Bertz CT molecular complexity index is 597. The molecule has 0 aliphatic carbocycles. The Morgan fingerprint density at radius 1 is 1.12 bits per heavy atom. The first-order valence-corrected chi connectivity index (χ1v) is 8.88. The van der Waals surface area contributed by atoms with Gasteiger partial charge in [0.2, 0.25) is 0 Å². The molecule has 5 N–H and O–H groups in total. The number of aromatic hydroxyl groups is 1. The fourth-order valence-electron chi connectivity index (χ4n) is 3.14. The zero-order valence-corrected chi connectivity index (χ0v) is 13.8. The first-order chi connectivity index (χ1) is 11.5. The van der Waals surface area contributed by atoms with E-state index in [4.69, 9.17) is 4.74 Å². The van der Waals surface area contributed by atoms with Gasteiger partial charge in [0.1, 0.15) is 36.3 Å². The standard InChI is InChI=1S/C17H22O6S/c18-8-13-14(20)15(21)16(22)17(23-13)11-7-9(3-4-12(11)19)6-10-2-1-5-24-10/h1,3-5,7,10,13-22H,2,6,8H2/t10?,13?,14-,15?,16-,17+/m1/s1. The second-order valence-electron chi connectivity index (χ2n) is 6.21. The van der Waals surface area contributed by atoms with Crippen LogP contribution in [0.4, 0.5) is 0 Å². The molecule has 3 unspecified atom stereocenters. The molecular formula is C17H22O6S. The molecule has 0 aromatic heterocycles. The summed E-state index contributed by atoms with van der Waals surface area (Å²) in [5, 5.41) is 52.0. The highest BCUT2D eigenvalue weighted by Gasteiger charge is 2.44. The van der Waals surface area contributed by atoms with Crippen LogP contribution in [0.1, 0.15) is 23.7 Å². The fraction of sp³-hybridized carbons (Fsp3) is 0.529. The summed E-state index contributed by atoms with van der Waals surface area (Å²) in [5.74, 6) is -0.0553. The minimum Gasteiger partial charge on any atom is -0.508 e. The van der Waals surface area contributed by atoms with E-state index in [2.05, 4.69) is 11.5 Å². The molecule has 6 nitrogen and oxygen atoms in total. The molecule has 3 rings (SSSR count). The molecule has 0 bridgehead atoms. The third-order valence-corrected chi connectivity index (χ3v) is 5.61. The smallest absolute Gasteiger partial charge is 0.121 e. The molecule has 24 heavy (non-hydrogen) atoms. The van der Waals surface area contributed by atoms with Crippen molar-refractivity contribution in [2.75, 3.05) is 6.61 Å². The van der Waals surface area contributed by atoms with Gasteiger partial charge in [-0.1, -0.05) is 12.1 Å². The van der Waals surface area contributed by atoms with Gasteiger partial charge in [0.25, 0.3) is 0 Å². The Labute approximate surface area is 144 Å². The van der Waals surface area contributed by atoms with Crippen LogP contribution in [0.25, 0.3) is 0 Å². The highest BCUT2D eigenvalue weighted by molar-refractivity contribution is 8.03. The van der Waals surface area contributed by atoms with Crippen LogP contribution < -0.4 is 0 Å². The molecule has 1 fully saturated rings. The Kier molecular flexibility index (Phi) is 5.49. The molecule has 2 aliphatic rings. The number of aliphatic hydroxyl groups excluding tert-OH is 4. The van der Waals surface area contributed by atoms with E-state index in [1.807, 2.05) is 6.07 Å². The van der Waals surface area contributed by atoms with Crippen LogP contribution >= 0.6 is 11.8 Å². The van der Waals surface area contributed by atoms with Gasteiger partial charge in [-0.05, 0) is 35.9 Å². The SMILES string of the molecule is OCC1O[C@@H](c2cc(CC3CC=CS3)ccc2O)[C@H](O)C(O)[C@@H]1O. The topological polar surface area (TPSA) is 110 Å². The number of hydrogen-bond donors (Lipinski definition) is 5. The second kappa shape index (κ2) is 7.43. The summed E-state index contributed by atoms with van der Waals surface area (Å²) in [4.78, 5) is 0. The molecule has 7 heteroatoms. The summed E-state index contributed by atoms with van der Waals surface area (Å²) in [6.45, 7) is -0.494. The number of rotatable bonds is 4. The van der Waals surface area contributed by atoms with Crippen molar-refractivity contribution in [1.29, 1.82) is 0 Å². The van der Waals surface area contributed by atoms with Crippen molar-refractivity contribution in [2.24, 2.45) is 0 Å². The first kappa shape index (κ1) is 17.7. The average molecular weight is 354 g/mol. The van der Waals surface area contributed by atoms with E-state index < -0.39 is 37.1 Å². The number of phenols is 1. The molecule has 2 heterocycles. The van der Waals surface area contributed by atoms with Gasteiger partial charge in [-0.25, -0.2) is 0 Å². The summed E-state index contributed by atoms with van der Waals surface area (Å²) < 4.78 is 5.53. The zero-order valence-electron chi connectivity index (χ0n) is 13.0. The van der Waals surface area contributed by atoms with Crippen molar-refractivity contribution in [1.82, 2.24) is 0 Å². The molecule has 0 amide bonds. The molecular weight excluding hydrogens is 332 g/mol. The quantitative estimate of drug-likeness (QED) is 0.534. The minimum absolute atomic E-state index is 0.0553. The number of aliphatic hydroxyl groups is 4. The highest BCUT2D eigenvalue weighted by atomic mass is 32.2. The zero-order chi connectivity index (χ0) is 17.3. The lowest BCUT2D eigenvalue weighted by Gasteiger charge is -2.40. The second-order valence-corrected chi connectivity index (χ2v) is 7.42. The average Bonchev–Trinajstić information content (AvgIpc) is 3.08. The summed E-state index contributed by atoms with van der Waals surface area (Å²) in [7, 11) is 0. The van der Waals surface area contributed by atoms with Crippen molar-refractivity contribution >= 4 is 11.8 Å². The van der Waals surface area contributed by atoms with E-state index in [0.717, 1.165) is 18.4 Å². The van der Waals surface area contributed by atoms with Crippen molar-refractivity contribution < 1.29 is 30.3 Å². The maximum atomic E-state index is 10.2. The van der Waals surface area contributed by atoms with E-state index in [0.29, 0.717) is 10.8 Å². The number of thioether (sulfide) groups is 1. The number of phenolic OH excluding ortho intramolecular Hbond substituents is 1. The maximum absolute atomic E-state index is 10.2. The summed E-state index contributed by atoms with van der Waals surface area (Å²) >= 11 is 1.76. The Hall–Kier alpha value is -1.09. The van der Waals surface area contributed by atoms with Crippen molar-refractivity contribution in [3.05, 3.63) is 40.8 Å². The Morgan fingerprint density at radius 2 is 1.92 bits per heavy atom. The molecule has 1 aromatic carbocycles. The van der Waals surface area contributed by atoms with Crippen LogP contribution in [-0.2, 0) is 11.2 Å². The van der Waals surface area contributed by atoms with Crippen molar-refractivity contribution in [3.63, 3.8) is 0 Å². The van der Waals surface area contributed by atoms with Gasteiger partial charge < -0.3 is 30.3 Å². The first-order valence-electron chi connectivity index (χ1n) is 7.94. The monoisotopic (exact) mass is 354 g/mol. The largest absolute Gasteiger partial charge is 0.508 e. The van der Waals surface area contributed by atoms with Gasteiger partial charge in [-0.15, -0.1) is 11.8 Å². The van der Waals surface area contributed by atoms with Crippen LogP contribution in [0, 0.1) is 0 Å². The number of allylic oxidation sites excluding steroid dienone is 1. The predicted octanol–water partition coefficient (Wildman–Crippen LogP) is 0.469. The van der Waals surface area contributed by atoms with E-state index >= 15 is 0 Å². The lowest BCUT2D eigenvalue weighted by atomic mass is 9.89. The predicted molar refractivity (Wildman–Crippen MR) is 89.7 cm³/mol. The van der Waals surface area contributed by atoms with Gasteiger partial charge in [-0.2, -0.15) is 0 Å². The summed E-state index contributed by atoms with van der Waals surface area (Å²) in [5.41, 5.74) is 1.33. The van der Waals surface area contributed by atoms with Gasteiger partial charge in [0.05, 0.1) is 6.61 Å². The van der Waals surface area contributed by atoms with E-state index in [1.165, 1.54) is 0 Å². The molecule has 1 saturated heterocycles.